The average Bonchev–Trinajstić information content (AvgIpc) is 3.19. The largest absolute Gasteiger partial charge is 0.479 e. The Morgan fingerprint density at radius 2 is 1.48 bits per heavy atom. The number of carboxylic acid groups (broad SMARTS) is 1. The van der Waals surface area contributed by atoms with Crippen LogP contribution in [0.2, 0.25) is 0 Å². The molecule has 1 aliphatic rings. The number of rotatable bonds is 7. The van der Waals surface area contributed by atoms with Crippen LogP contribution in [0.5, 0.6) is 0 Å². The highest BCUT2D eigenvalue weighted by Gasteiger charge is 2.49. The molecule has 1 heterocycles. The van der Waals surface area contributed by atoms with E-state index in [0.29, 0.717) is 11.1 Å². The quantitative estimate of drug-likeness (QED) is 0.398. The van der Waals surface area contributed by atoms with E-state index in [1.165, 1.54) is 5.01 Å². The second-order valence-electron chi connectivity index (χ2n) is 7.27. The minimum absolute atomic E-state index is 0.217. The Bertz CT molecular complexity index is 1250. The summed E-state index contributed by atoms with van der Waals surface area (Å²) in [6.45, 7) is 0. The second-order valence-corrected chi connectivity index (χ2v) is 8.93. The van der Waals surface area contributed by atoms with Crippen molar-refractivity contribution in [3.63, 3.8) is 0 Å². The van der Waals surface area contributed by atoms with Crippen molar-refractivity contribution in [2.45, 2.75) is 23.3 Å². The van der Waals surface area contributed by atoms with E-state index in [0.717, 1.165) is 24.3 Å². The lowest BCUT2D eigenvalue weighted by atomic mass is 10.0. The number of aliphatic carboxylic acids is 1. The van der Waals surface area contributed by atoms with Gasteiger partial charge in [0.15, 0.2) is 12.3 Å². The third-order valence-electron chi connectivity index (χ3n) is 5.17. The van der Waals surface area contributed by atoms with Crippen LogP contribution < -0.4 is 4.83 Å². The van der Waals surface area contributed by atoms with Crippen molar-refractivity contribution in [3.05, 3.63) is 106 Å². The topological polar surface area (TPSA) is 139 Å². The van der Waals surface area contributed by atoms with Gasteiger partial charge in [-0.1, -0.05) is 60.7 Å². The molecule has 0 radical (unpaired) electrons. The lowest BCUT2D eigenvalue weighted by Crippen LogP contribution is -2.44. The van der Waals surface area contributed by atoms with Gasteiger partial charge in [0.05, 0.1) is 15.9 Å². The van der Waals surface area contributed by atoms with Crippen LogP contribution in [0.3, 0.4) is 0 Å². The van der Waals surface area contributed by atoms with Crippen molar-refractivity contribution < 1.29 is 28.0 Å². The van der Waals surface area contributed by atoms with Crippen LogP contribution in [0, 0.1) is 10.1 Å². The molecular weight excluding hydrogens is 450 g/mol. The van der Waals surface area contributed by atoms with Gasteiger partial charge in [-0.05, 0) is 23.3 Å². The number of nitrogens with one attached hydrogen (secondary N) is 1. The van der Waals surface area contributed by atoms with E-state index >= 15 is 0 Å². The number of hydrazine groups is 1. The molecule has 33 heavy (non-hydrogen) atoms. The fraction of sp³-hybridized carbons (Fsp3) is 0.136. The Morgan fingerprint density at radius 3 is 2.00 bits per heavy atom. The summed E-state index contributed by atoms with van der Waals surface area (Å²) in [6, 6.07) is 20.6. The van der Waals surface area contributed by atoms with Gasteiger partial charge >= 0.3 is 5.97 Å². The molecular formula is C22H19N3O7S. The van der Waals surface area contributed by atoms with Crippen LogP contribution in [0.15, 0.2) is 89.8 Å². The predicted molar refractivity (Wildman–Crippen MR) is 116 cm³/mol. The maximum Gasteiger partial charge on any atom is 0.334 e. The van der Waals surface area contributed by atoms with Crippen molar-refractivity contribution in [2.75, 3.05) is 0 Å². The minimum Gasteiger partial charge on any atom is -0.479 e. The highest BCUT2D eigenvalue weighted by Crippen LogP contribution is 2.42. The molecule has 170 valence electrons. The molecule has 0 amide bonds. The number of sulfonamides is 1. The van der Waals surface area contributed by atoms with Crippen LogP contribution in [-0.4, -0.2) is 35.5 Å². The number of ether oxygens (including phenoxy) is 1. The summed E-state index contributed by atoms with van der Waals surface area (Å²) in [5.74, 6) is -1.25. The first-order valence-electron chi connectivity index (χ1n) is 9.81. The van der Waals surface area contributed by atoms with Crippen molar-refractivity contribution in [1.82, 2.24) is 9.84 Å². The van der Waals surface area contributed by atoms with E-state index in [-0.39, 0.29) is 10.6 Å². The molecule has 3 aromatic carbocycles. The molecule has 1 aliphatic heterocycles. The molecule has 0 spiro atoms. The third kappa shape index (κ3) is 4.61. The molecule has 0 saturated carbocycles. The van der Waals surface area contributed by atoms with Gasteiger partial charge in [-0.3, -0.25) is 10.1 Å². The van der Waals surface area contributed by atoms with E-state index in [4.69, 9.17) is 4.74 Å². The van der Waals surface area contributed by atoms with E-state index in [1.54, 1.807) is 60.7 Å². The molecule has 1 saturated heterocycles. The fourth-order valence-corrected chi connectivity index (χ4v) is 4.74. The van der Waals surface area contributed by atoms with Crippen molar-refractivity contribution in [2.24, 2.45) is 0 Å². The van der Waals surface area contributed by atoms with E-state index in [1.807, 2.05) is 0 Å². The summed E-state index contributed by atoms with van der Waals surface area (Å²) in [7, 11) is -4.24. The first-order chi connectivity index (χ1) is 15.8. The molecule has 11 heteroatoms. The van der Waals surface area contributed by atoms with Crippen molar-refractivity contribution in [3.8, 4) is 0 Å². The Kier molecular flexibility index (Phi) is 6.20. The second kappa shape index (κ2) is 9.08. The van der Waals surface area contributed by atoms with Crippen molar-refractivity contribution >= 4 is 21.7 Å². The molecule has 0 aromatic heterocycles. The van der Waals surface area contributed by atoms with Crippen LogP contribution in [0.1, 0.15) is 23.4 Å². The van der Waals surface area contributed by atoms with Gasteiger partial charge in [0.25, 0.3) is 15.7 Å². The molecule has 0 aliphatic carbocycles. The molecule has 3 atom stereocenters. The number of nitrogens with zero attached hydrogens (tertiary/aromatic N) is 2. The van der Waals surface area contributed by atoms with Crippen LogP contribution in [0.25, 0.3) is 0 Å². The number of hydrogen-bond acceptors (Lipinski definition) is 7. The zero-order chi connectivity index (χ0) is 23.6. The van der Waals surface area contributed by atoms with E-state index in [9.17, 15) is 28.4 Å². The SMILES string of the molecule is O=C(O)[C@@H]1O[C@@H](c2ccccc2)N(NS(=O)(=O)c2ccc([N+](=O)[O-])cc2)[C@H]1c1ccccc1. The van der Waals surface area contributed by atoms with Gasteiger partial charge in [-0.15, -0.1) is 4.83 Å². The molecule has 0 unspecified atom stereocenters. The number of carboxylic acids is 1. The Morgan fingerprint density at radius 1 is 0.939 bits per heavy atom. The van der Waals surface area contributed by atoms with Gasteiger partial charge in [-0.25, -0.2) is 13.2 Å². The molecule has 2 N–H and O–H groups in total. The average molecular weight is 469 g/mol. The van der Waals surface area contributed by atoms with E-state index < -0.39 is 39.3 Å². The van der Waals surface area contributed by atoms with Gasteiger partial charge in [0, 0.05) is 12.1 Å². The number of non-ortho nitro benzene ring substituents is 1. The standard InChI is InChI=1S/C22H19N3O7S/c26-22(27)20-19(15-7-3-1-4-8-15)24(21(32-20)16-9-5-2-6-10-16)23-33(30,31)18-13-11-17(12-14-18)25(28)29/h1-14,19-21,23H,(H,26,27)/t19-,20+,21-/m0/s1. The highest BCUT2D eigenvalue weighted by atomic mass is 32.2. The highest BCUT2D eigenvalue weighted by molar-refractivity contribution is 7.89. The summed E-state index contributed by atoms with van der Waals surface area (Å²) in [6.07, 6.45) is -2.40. The van der Waals surface area contributed by atoms with Crippen molar-refractivity contribution in [1.29, 1.82) is 0 Å². The maximum absolute atomic E-state index is 13.2. The van der Waals surface area contributed by atoms with E-state index in [2.05, 4.69) is 4.83 Å². The van der Waals surface area contributed by atoms with Crippen LogP contribution >= 0.6 is 0 Å². The number of hydrogen-bond donors (Lipinski definition) is 2. The first-order valence-corrected chi connectivity index (χ1v) is 11.3. The zero-order valence-corrected chi connectivity index (χ0v) is 17.8. The molecule has 0 bridgehead atoms. The smallest absolute Gasteiger partial charge is 0.334 e. The fourth-order valence-electron chi connectivity index (χ4n) is 3.65. The molecule has 3 aromatic rings. The number of benzene rings is 3. The summed E-state index contributed by atoms with van der Waals surface area (Å²) in [5.41, 5.74) is 0.831. The number of nitro benzene ring substituents is 1. The number of nitro groups is 1. The summed E-state index contributed by atoms with van der Waals surface area (Å²) >= 11 is 0. The summed E-state index contributed by atoms with van der Waals surface area (Å²) < 4.78 is 32.2. The monoisotopic (exact) mass is 469 g/mol. The lowest BCUT2D eigenvalue weighted by Gasteiger charge is -2.29. The minimum atomic E-state index is -4.24. The third-order valence-corrected chi connectivity index (χ3v) is 6.51. The molecule has 10 nitrogen and oxygen atoms in total. The summed E-state index contributed by atoms with van der Waals surface area (Å²) in [5, 5.41) is 22.0. The zero-order valence-electron chi connectivity index (χ0n) is 17.0. The van der Waals surface area contributed by atoms with Gasteiger partial charge < -0.3 is 9.84 Å². The first kappa shape index (κ1) is 22.6. The van der Waals surface area contributed by atoms with Gasteiger partial charge in [-0.2, -0.15) is 5.01 Å². The predicted octanol–water partition coefficient (Wildman–Crippen LogP) is 3.01. The molecule has 4 rings (SSSR count). The Balaban J connectivity index is 1.77. The lowest BCUT2D eigenvalue weighted by molar-refractivity contribution is -0.384. The Hall–Kier alpha value is -3.64. The van der Waals surface area contributed by atoms with Gasteiger partial charge in [0.2, 0.25) is 0 Å². The normalized spacial score (nSPS) is 21.0. The van der Waals surface area contributed by atoms with Crippen LogP contribution in [-0.2, 0) is 19.6 Å². The molecule has 1 fully saturated rings. The van der Waals surface area contributed by atoms with Gasteiger partial charge in [0.1, 0.15) is 0 Å². The Labute approximate surface area is 189 Å². The summed E-state index contributed by atoms with van der Waals surface area (Å²) in [4.78, 5) is 24.6. The maximum atomic E-state index is 13.2. The van der Waals surface area contributed by atoms with Crippen LogP contribution in [0.4, 0.5) is 5.69 Å². The number of carbonyl (C=O) groups is 1.